The Labute approximate surface area is 127 Å². The number of benzene rings is 1. The molecule has 4 heteroatoms. The van der Waals surface area contributed by atoms with Gasteiger partial charge in [0.1, 0.15) is 0 Å². The quantitative estimate of drug-likeness (QED) is 0.914. The fraction of sp³-hybridized carbons (Fsp3) is 0.647. The van der Waals surface area contributed by atoms with E-state index in [-0.39, 0.29) is 10.5 Å². The van der Waals surface area contributed by atoms with E-state index < -0.39 is 15.4 Å². The lowest BCUT2D eigenvalue weighted by molar-refractivity contribution is 0.00988. The van der Waals surface area contributed by atoms with E-state index in [1.54, 1.807) is 0 Å². The van der Waals surface area contributed by atoms with Gasteiger partial charge in [0.2, 0.25) is 0 Å². The molecule has 0 radical (unpaired) electrons. The van der Waals surface area contributed by atoms with Gasteiger partial charge in [0.15, 0.2) is 9.84 Å². The molecule has 2 fully saturated rings. The molecule has 0 spiro atoms. The van der Waals surface area contributed by atoms with E-state index >= 15 is 0 Å². The summed E-state index contributed by atoms with van der Waals surface area (Å²) in [6.45, 7) is 4.11. The van der Waals surface area contributed by atoms with Crippen LogP contribution < -0.4 is 0 Å². The molecule has 0 amide bonds. The highest BCUT2D eigenvalue weighted by Crippen LogP contribution is 2.42. The standard InChI is InChI=1S/C17H24O3S/c1-12-6-13(2)8-14(7-12)9-17(18)10-15-4-3-5-16(11-17)21(15,19)20/h6-8,15-16,18H,3-5,9-11H2,1-2H3. The van der Waals surface area contributed by atoms with Crippen LogP contribution in [-0.2, 0) is 16.3 Å². The van der Waals surface area contributed by atoms with Crippen molar-refractivity contribution in [2.75, 3.05) is 0 Å². The Morgan fingerprint density at radius 1 is 1.10 bits per heavy atom. The van der Waals surface area contributed by atoms with Gasteiger partial charge < -0.3 is 5.11 Å². The van der Waals surface area contributed by atoms with Crippen molar-refractivity contribution in [3.63, 3.8) is 0 Å². The van der Waals surface area contributed by atoms with Gasteiger partial charge in [-0.1, -0.05) is 35.7 Å². The van der Waals surface area contributed by atoms with E-state index in [1.165, 1.54) is 11.1 Å². The van der Waals surface area contributed by atoms with E-state index in [4.69, 9.17) is 0 Å². The molecule has 2 aliphatic heterocycles. The Kier molecular flexibility index (Phi) is 3.65. The van der Waals surface area contributed by atoms with Gasteiger partial charge in [0.25, 0.3) is 0 Å². The van der Waals surface area contributed by atoms with E-state index in [0.29, 0.717) is 32.1 Å². The molecule has 0 saturated carbocycles. The van der Waals surface area contributed by atoms with Crippen LogP contribution in [-0.4, -0.2) is 29.6 Å². The Morgan fingerprint density at radius 2 is 1.62 bits per heavy atom. The van der Waals surface area contributed by atoms with Crippen molar-refractivity contribution >= 4 is 9.84 Å². The summed E-state index contributed by atoms with van der Waals surface area (Å²) in [5, 5.41) is 10.3. The molecule has 0 aliphatic carbocycles. The van der Waals surface area contributed by atoms with Crippen molar-refractivity contribution in [2.24, 2.45) is 0 Å². The highest BCUT2D eigenvalue weighted by Gasteiger charge is 2.50. The maximum absolute atomic E-state index is 12.3. The zero-order valence-corrected chi connectivity index (χ0v) is 13.6. The summed E-state index contributed by atoms with van der Waals surface area (Å²) in [6.07, 6.45) is 3.78. The van der Waals surface area contributed by atoms with Gasteiger partial charge in [-0.3, -0.25) is 0 Å². The van der Waals surface area contributed by atoms with Crippen molar-refractivity contribution in [1.82, 2.24) is 0 Å². The summed E-state index contributed by atoms with van der Waals surface area (Å²) in [5.74, 6) is 0. The fourth-order valence-electron chi connectivity index (χ4n) is 4.24. The highest BCUT2D eigenvalue weighted by molar-refractivity contribution is 7.92. The number of aryl methyl sites for hydroxylation is 2. The third-order valence-corrected chi connectivity index (χ3v) is 7.67. The van der Waals surface area contributed by atoms with E-state index in [0.717, 1.165) is 12.0 Å². The lowest BCUT2D eigenvalue weighted by Crippen LogP contribution is -2.52. The summed E-state index contributed by atoms with van der Waals surface area (Å²) < 4.78 is 24.7. The van der Waals surface area contributed by atoms with E-state index in [1.807, 2.05) is 0 Å². The molecule has 2 aliphatic rings. The molecule has 3 nitrogen and oxygen atoms in total. The predicted molar refractivity (Wildman–Crippen MR) is 84.2 cm³/mol. The van der Waals surface area contributed by atoms with Crippen LogP contribution >= 0.6 is 0 Å². The number of hydrogen-bond acceptors (Lipinski definition) is 3. The molecule has 21 heavy (non-hydrogen) atoms. The van der Waals surface area contributed by atoms with Gasteiger partial charge in [-0.05, 0) is 45.1 Å². The van der Waals surface area contributed by atoms with Gasteiger partial charge in [-0.25, -0.2) is 8.42 Å². The van der Waals surface area contributed by atoms with E-state index in [2.05, 4.69) is 32.0 Å². The summed E-state index contributed by atoms with van der Waals surface area (Å²) >= 11 is 0. The number of hydrogen-bond donors (Lipinski definition) is 1. The number of aliphatic hydroxyl groups is 1. The minimum Gasteiger partial charge on any atom is -0.389 e. The first-order valence-electron chi connectivity index (χ1n) is 7.81. The zero-order chi connectivity index (χ0) is 15.3. The van der Waals surface area contributed by atoms with Gasteiger partial charge >= 0.3 is 0 Å². The molecule has 116 valence electrons. The second-order valence-corrected chi connectivity index (χ2v) is 9.58. The van der Waals surface area contributed by atoms with Crippen molar-refractivity contribution in [3.05, 3.63) is 34.9 Å². The van der Waals surface area contributed by atoms with Gasteiger partial charge in [0, 0.05) is 6.42 Å². The average molecular weight is 308 g/mol. The molecule has 2 atom stereocenters. The van der Waals surface area contributed by atoms with Crippen LogP contribution in [0.1, 0.15) is 48.8 Å². The topological polar surface area (TPSA) is 54.4 Å². The van der Waals surface area contributed by atoms with Gasteiger partial charge in [-0.2, -0.15) is 0 Å². The first-order chi connectivity index (χ1) is 9.78. The summed E-state index contributed by atoms with van der Waals surface area (Å²) in [6, 6.07) is 6.32. The second kappa shape index (κ2) is 5.10. The molecule has 1 N–H and O–H groups in total. The van der Waals surface area contributed by atoms with Crippen molar-refractivity contribution in [3.8, 4) is 0 Å². The molecule has 2 heterocycles. The third-order valence-electron chi connectivity index (χ3n) is 5.01. The average Bonchev–Trinajstić information content (AvgIpc) is 2.30. The molecular weight excluding hydrogens is 284 g/mol. The zero-order valence-electron chi connectivity index (χ0n) is 12.8. The predicted octanol–water partition coefficient (Wildman–Crippen LogP) is 2.71. The molecule has 2 bridgehead atoms. The van der Waals surface area contributed by atoms with Gasteiger partial charge in [0.05, 0.1) is 16.1 Å². The number of fused-ring (bicyclic) bond motifs is 2. The molecule has 3 rings (SSSR count). The molecule has 1 aromatic carbocycles. The molecule has 0 aromatic heterocycles. The summed E-state index contributed by atoms with van der Waals surface area (Å²) in [4.78, 5) is 0. The fourth-order valence-corrected chi connectivity index (χ4v) is 6.86. The van der Waals surface area contributed by atoms with Crippen LogP contribution in [0, 0.1) is 13.8 Å². The van der Waals surface area contributed by atoms with Crippen LogP contribution in [0.2, 0.25) is 0 Å². The normalized spacial score (nSPS) is 34.6. The third kappa shape index (κ3) is 2.88. The van der Waals surface area contributed by atoms with Crippen LogP contribution in [0.5, 0.6) is 0 Å². The van der Waals surface area contributed by atoms with Crippen LogP contribution in [0.15, 0.2) is 18.2 Å². The molecule has 2 unspecified atom stereocenters. The number of rotatable bonds is 2. The van der Waals surface area contributed by atoms with Gasteiger partial charge in [-0.15, -0.1) is 0 Å². The van der Waals surface area contributed by atoms with Crippen LogP contribution in [0.3, 0.4) is 0 Å². The van der Waals surface area contributed by atoms with E-state index in [9.17, 15) is 13.5 Å². The van der Waals surface area contributed by atoms with Crippen LogP contribution in [0.4, 0.5) is 0 Å². The first kappa shape index (κ1) is 15.0. The van der Waals surface area contributed by atoms with Crippen molar-refractivity contribution < 1.29 is 13.5 Å². The Morgan fingerprint density at radius 3 is 2.14 bits per heavy atom. The minimum absolute atomic E-state index is 0.332. The highest BCUT2D eigenvalue weighted by atomic mass is 32.2. The minimum atomic E-state index is -3.01. The maximum Gasteiger partial charge on any atom is 0.156 e. The van der Waals surface area contributed by atoms with Crippen molar-refractivity contribution in [2.45, 2.75) is 68.5 Å². The number of sulfone groups is 1. The Bertz CT molecular complexity index is 608. The van der Waals surface area contributed by atoms with Crippen molar-refractivity contribution in [1.29, 1.82) is 0 Å². The van der Waals surface area contributed by atoms with Crippen LogP contribution in [0.25, 0.3) is 0 Å². The first-order valence-corrected chi connectivity index (χ1v) is 9.42. The smallest absolute Gasteiger partial charge is 0.156 e. The SMILES string of the molecule is Cc1cc(C)cc(CC2(O)CC3CCCC(C2)S3(=O)=O)c1. The lowest BCUT2D eigenvalue weighted by Gasteiger charge is -2.44. The Balaban J connectivity index is 1.85. The molecule has 2 saturated heterocycles. The monoisotopic (exact) mass is 308 g/mol. The Hall–Kier alpha value is -0.870. The second-order valence-electron chi connectivity index (χ2n) is 7.07. The molecule has 1 aromatic rings. The summed E-state index contributed by atoms with van der Waals surface area (Å²) in [5.41, 5.74) is 2.64. The largest absolute Gasteiger partial charge is 0.389 e. The maximum atomic E-state index is 12.3. The molecular formula is C17H24O3S. The summed E-state index contributed by atoms with van der Waals surface area (Å²) in [7, 11) is -3.01. The lowest BCUT2D eigenvalue weighted by atomic mass is 9.81.